The fraction of sp³-hybridized carbons (Fsp3) is 0.950. The number of aliphatic hydroxyl groups excluding tert-OH is 17. The van der Waals surface area contributed by atoms with Crippen molar-refractivity contribution >= 4 is 5.97 Å². The van der Waals surface area contributed by atoms with E-state index in [0.717, 1.165) is 12.0 Å². The minimum atomic E-state index is -1.92. The molecule has 5 heterocycles. The Hall–Kier alpha value is -1.83. The Morgan fingerprint density at radius 1 is 0.511 bits per heavy atom. The SMILES string of the molecule is CC1O[C@@H](O[C@@H]2C(CO)O[C@@H](OCC3O[C@@H](OC(=O)[C@]45CCC(C)(C)CC4C4=CCC6[C@@]7(C)CC[C@H](O[C@@H]8OC(CO)[C@@H](O)C(O)[C@@H]8O[C@@H]8OC(CO)[C@@H](O)C(O)[C@@H]8O)[C@@](C)(CO)C7CC[C@@]6(C)[C@]4(C)CC5)[C@@H](O)C(O)[C@@H]3O)[C@@H](O)C2O)[C@@H](O)C(O)[C@H]1O. The van der Waals surface area contributed by atoms with Gasteiger partial charge in [0.2, 0.25) is 6.29 Å². The van der Waals surface area contributed by atoms with E-state index < -0.39 is 214 Å². The van der Waals surface area contributed by atoms with E-state index in [1.165, 1.54) is 6.92 Å². The zero-order valence-corrected chi connectivity index (χ0v) is 51.0. The molecule has 0 bridgehead atoms. The summed E-state index contributed by atoms with van der Waals surface area (Å²) in [5.41, 5.74) is -2.30. The lowest BCUT2D eigenvalue weighted by atomic mass is 9.33. The van der Waals surface area contributed by atoms with Crippen LogP contribution in [0.15, 0.2) is 11.6 Å². The number of carbonyl (C=O) groups excluding carboxylic acids is 1. The molecule has 88 heavy (non-hydrogen) atoms. The third kappa shape index (κ3) is 11.5. The number of aliphatic hydroxyl groups is 17. The first-order valence-electron chi connectivity index (χ1n) is 31.4. The van der Waals surface area contributed by atoms with Gasteiger partial charge in [0.15, 0.2) is 25.2 Å². The number of carbonyl (C=O) groups is 1. The molecule has 10 aliphatic rings. The van der Waals surface area contributed by atoms with E-state index in [1.807, 2.05) is 6.92 Å². The predicted molar refractivity (Wildman–Crippen MR) is 295 cm³/mol. The summed E-state index contributed by atoms with van der Waals surface area (Å²) in [6.07, 6.45) is -34.1. The zero-order chi connectivity index (χ0) is 64.3. The molecule has 10 rings (SSSR count). The molecule has 17 N–H and O–H groups in total. The molecular weight excluding hydrogens is 1170 g/mol. The average molecular weight is 1270 g/mol. The van der Waals surface area contributed by atoms with Crippen LogP contribution in [0.2, 0.25) is 0 Å². The Morgan fingerprint density at radius 2 is 1.03 bits per heavy atom. The maximum Gasteiger partial charge on any atom is 0.315 e. The largest absolute Gasteiger partial charge is 0.432 e. The second-order valence-electron chi connectivity index (χ2n) is 28.9. The third-order valence-electron chi connectivity index (χ3n) is 23.6. The number of rotatable bonds is 15. The van der Waals surface area contributed by atoms with Crippen LogP contribution < -0.4 is 0 Å². The summed E-state index contributed by atoms with van der Waals surface area (Å²) in [5, 5.41) is 183. The van der Waals surface area contributed by atoms with Crippen LogP contribution in [0.3, 0.4) is 0 Å². The van der Waals surface area contributed by atoms with Gasteiger partial charge < -0.3 is 134 Å². The molecule has 0 spiro atoms. The highest BCUT2D eigenvalue weighted by molar-refractivity contribution is 5.79. The van der Waals surface area contributed by atoms with Crippen molar-refractivity contribution in [2.75, 3.05) is 33.0 Å². The van der Waals surface area contributed by atoms with E-state index in [0.29, 0.717) is 57.8 Å². The molecule has 34 atom stereocenters. The van der Waals surface area contributed by atoms with Crippen molar-refractivity contribution in [2.24, 2.45) is 50.2 Å². The van der Waals surface area contributed by atoms with E-state index >= 15 is 4.79 Å². The van der Waals surface area contributed by atoms with Crippen molar-refractivity contribution in [3.63, 3.8) is 0 Å². The summed E-state index contributed by atoms with van der Waals surface area (Å²) < 4.78 is 59.4. The lowest BCUT2D eigenvalue weighted by molar-refractivity contribution is -0.379. The zero-order valence-electron chi connectivity index (χ0n) is 51.0. The molecular formula is C60H98O28. The highest BCUT2D eigenvalue weighted by atomic mass is 16.8. The lowest BCUT2D eigenvalue weighted by Gasteiger charge is -2.71. The number of hydrogen-bond donors (Lipinski definition) is 17. The van der Waals surface area contributed by atoms with Crippen molar-refractivity contribution in [3.8, 4) is 0 Å². The summed E-state index contributed by atoms with van der Waals surface area (Å²) in [5.74, 6) is -1.06. The molecule has 5 saturated heterocycles. The second kappa shape index (κ2) is 25.7. The standard InChI is InChI=1S/C60H98O28/c1-24-34(65)38(69)43(74)50(80-24)86-47-29(21-63)83-49(46(77)42(47)73)79-22-30-37(68)40(71)45(76)52(84-30)88-54(78)60-16-14-55(2,3)18-26(60)25-8-9-32-56(4)12-11-33(57(5,23-64)31(56)10-13-59(32,7)58(25,6)15-17-60)85-53-48(41(72)36(67)28(20-62)82-53)87-51-44(75)39(70)35(66)27(19-61)81-51/h8,24,26-53,61-77H,9-23H2,1-7H3/t24?,26?,27?,28?,29?,30?,31?,32?,33-,34-,35+,36+,37+,38?,39?,40?,41?,42?,43-,44-,45-,46-,47+,48-,49+,50-,51-,52-,53-,56-,57-,58+,59+,60-/m0/s1. The van der Waals surface area contributed by atoms with Gasteiger partial charge in [0, 0.05) is 5.41 Å². The van der Waals surface area contributed by atoms with E-state index in [9.17, 15) is 86.8 Å². The monoisotopic (exact) mass is 1270 g/mol. The van der Waals surface area contributed by atoms with Crippen molar-refractivity contribution in [3.05, 3.63) is 11.6 Å². The maximum absolute atomic E-state index is 15.3. The van der Waals surface area contributed by atoms with Gasteiger partial charge in [-0.3, -0.25) is 4.79 Å². The first-order chi connectivity index (χ1) is 41.3. The van der Waals surface area contributed by atoms with Crippen LogP contribution in [-0.2, 0) is 52.2 Å². The van der Waals surface area contributed by atoms with Gasteiger partial charge in [-0.05, 0) is 111 Å². The summed E-state index contributed by atoms with van der Waals surface area (Å²) in [4.78, 5) is 15.3. The molecule has 5 aliphatic heterocycles. The Morgan fingerprint density at radius 3 is 1.67 bits per heavy atom. The summed E-state index contributed by atoms with van der Waals surface area (Å²) in [6.45, 7) is 11.4. The van der Waals surface area contributed by atoms with Gasteiger partial charge >= 0.3 is 5.97 Å². The van der Waals surface area contributed by atoms with E-state index in [1.54, 1.807) is 0 Å². The molecule has 0 aromatic heterocycles. The quantitative estimate of drug-likeness (QED) is 0.0420. The lowest BCUT2D eigenvalue weighted by Crippen LogP contribution is -2.68. The molecule has 13 unspecified atom stereocenters. The molecule has 9 fully saturated rings. The third-order valence-corrected chi connectivity index (χ3v) is 23.6. The van der Waals surface area contributed by atoms with Gasteiger partial charge in [-0.15, -0.1) is 0 Å². The van der Waals surface area contributed by atoms with Gasteiger partial charge in [0.05, 0.1) is 50.7 Å². The van der Waals surface area contributed by atoms with E-state index in [2.05, 4.69) is 40.7 Å². The van der Waals surface area contributed by atoms with Gasteiger partial charge in [0.25, 0.3) is 0 Å². The smallest absolute Gasteiger partial charge is 0.315 e. The Bertz CT molecular complexity index is 2440. The Balaban J connectivity index is 0.841. The maximum atomic E-state index is 15.3. The molecule has 0 aromatic carbocycles. The van der Waals surface area contributed by atoms with Gasteiger partial charge in [-0.1, -0.05) is 53.2 Å². The van der Waals surface area contributed by atoms with Crippen molar-refractivity contribution < 1.29 is 139 Å². The molecule has 0 radical (unpaired) electrons. The fourth-order valence-electron chi connectivity index (χ4n) is 17.9. The van der Waals surface area contributed by atoms with E-state index in [-0.39, 0.29) is 35.2 Å². The fourth-order valence-corrected chi connectivity index (χ4v) is 17.9. The van der Waals surface area contributed by atoms with Crippen LogP contribution >= 0.6 is 0 Å². The van der Waals surface area contributed by atoms with Crippen LogP contribution in [-0.4, -0.2) is 285 Å². The van der Waals surface area contributed by atoms with Gasteiger partial charge in [-0.25, -0.2) is 0 Å². The van der Waals surface area contributed by atoms with Crippen LogP contribution in [0.5, 0.6) is 0 Å². The topological polar surface area (TPSA) is 453 Å². The highest BCUT2D eigenvalue weighted by Crippen LogP contribution is 2.76. The number of ether oxygens (including phenoxy) is 10. The molecule has 0 aromatic rings. The number of allylic oxidation sites excluding steroid dienone is 2. The first-order valence-corrected chi connectivity index (χ1v) is 31.4. The second-order valence-corrected chi connectivity index (χ2v) is 28.9. The van der Waals surface area contributed by atoms with Crippen LogP contribution in [0.4, 0.5) is 0 Å². The minimum absolute atomic E-state index is 0.0600. The molecule has 28 nitrogen and oxygen atoms in total. The molecule has 28 heteroatoms. The van der Waals surface area contributed by atoms with Gasteiger partial charge in [0.1, 0.15) is 116 Å². The Labute approximate surface area is 510 Å². The van der Waals surface area contributed by atoms with E-state index in [4.69, 9.17) is 47.4 Å². The van der Waals surface area contributed by atoms with Crippen LogP contribution in [0, 0.1) is 50.2 Å². The normalized spacial score (nSPS) is 54.6. The summed E-state index contributed by atoms with van der Waals surface area (Å²) >= 11 is 0. The molecule has 0 amide bonds. The first kappa shape index (κ1) is 69.0. The number of fused-ring (bicyclic) bond motifs is 7. The predicted octanol–water partition coefficient (Wildman–Crippen LogP) is -4.21. The van der Waals surface area contributed by atoms with Crippen molar-refractivity contribution in [2.45, 2.75) is 272 Å². The number of hydrogen-bond acceptors (Lipinski definition) is 28. The minimum Gasteiger partial charge on any atom is -0.432 e. The van der Waals surface area contributed by atoms with Crippen LogP contribution in [0.25, 0.3) is 0 Å². The van der Waals surface area contributed by atoms with Crippen molar-refractivity contribution in [1.82, 2.24) is 0 Å². The van der Waals surface area contributed by atoms with Crippen LogP contribution in [0.1, 0.15) is 113 Å². The highest BCUT2D eigenvalue weighted by Gasteiger charge is 2.71. The molecule has 4 saturated carbocycles. The summed E-state index contributed by atoms with van der Waals surface area (Å²) in [7, 11) is 0. The number of esters is 1. The van der Waals surface area contributed by atoms with Crippen molar-refractivity contribution in [1.29, 1.82) is 0 Å². The molecule has 5 aliphatic carbocycles. The molecule has 506 valence electrons. The summed E-state index contributed by atoms with van der Waals surface area (Å²) in [6, 6.07) is 0. The average Bonchev–Trinajstić information content (AvgIpc) is 0.678. The van der Waals surface area contributed by atoms with Gasteiger partial charge in [-0.2, -0.15) is 0 Å². The Kier molecular flexibility index (Phi) is 20.2.